The van der Waals surface area contributed by atoms with Crippen LogP contribution < -0.4 is 10.5 Å². The van der Waals surface area contributed by atoms with Crippen LogP contribution in [0.5, 0.6) is 11.5 Å². The lowest BCUT2D eigenvalue weighted by Gasteiger charge is -2.13. The molecule has 1 aromatic carbocycles. The summed E-state index contributed by atoms with van der Waals surface area (Å²) in [7, 11) is 1.45. The predicted octanol–water partition coefficient (Wildman–Crippen LogP) is 2.06. The van der Waals surface area contributed by atoms with E-state index in [1.54, 1.807) is 6.07 Å². The van der Waals surface area contributed by atoms with Gasteiger partial charge < -0.3 is 15.6 Å². The Morgan fingerprint density at radius 3 is 2.60 bits per heavy atom. The monoisotopic (exact) mass is 217 g/mol. The van der Waals surface area contributed by atoms with Gasteiger partial charge in [-0.3, -0.25) is 0 Å². The minimum Gasteiger partial charge on any atom is -0.507 e. The number of halogens is 2. The molecule has 0 unspecified atom stereocenters. The van der Waals surface area contributed by atoms with Crippen LogP contribution in [-0.4, -0.2) is 18.6 Å². The molecule has 15 heavy (non-hydrogen) atoms. The van der Waals surface area contributed by atoms with Gasteiger partial charge in [-0.25, -0.2) is 8.78 Å². The normalized spacial score (nSPS) is 12.9. The van der Waals surface area contributed by atoms with Gasteiger partial charge in [-0.1, -0.05) is 6.07 Å². The molecule has 5 heteroatoms. The molecule has 0 saturated carbocycles. The van der Waals surface area contributed by atoms with Crippen LogP contribution in [0.1, 0.15) is 18.0 Å². The third-order valence-corrected chi connectivity index (χ3v) is 2.07. The molecule has 1 atom stereocenters. The molecule has 1 rings (SSSR count). The second kappa shape index (κ2) is 4.93. The number of hydrogen-bond donors (Lipinski definition) is 2. The van der Waals surface area contributed by atoms with Gasteiger partial charge in [0.25, 0.3) is 0 Å². The highest BCUT2D eigenvalue weighted by Gasteiger charge is 2.16. The predicted molar refractivity (Wildman–Crippen MR) is 52.2 cm³/mol. The Kier molecular flexibility index (Phi) is 3.85. The lowest BCUT2D eigenvalue weighted by atomic mass is 10.0. The van der Waals surface area contributed by atoms with E-state index in [-0.39, 0.29) is 5.75 Å². The second-order valence-corrected chi connectivity index (χ2v) is 3.16. The van der Waals surface area contributed by atoms with Crippen LogP contribution in [0, 0.1) is 0 Å². The minimum absolute atomic E-state index is 0.123. The molecule has 0 heterocycles. The summed E-state index contributed by atoms with van der Waals surface area (Å²) in [6.07, 6.45) is -2.96. The first-order valence-corrected chi connectivity index (χ1v) is 4.45. The molecule has 0 aliphatic heterocycles. The number of methoxy groups -OCH3 is 1. The van der Waals surface area contributed by atoms with Crippen LogP contribution in [0.2, 0.25) is 0 Å². The van der Waals surface area contributed by atoms with E-state index in [2.05, 4.69) is 0 Å². The van der Waals surface area contributed by atoms with Gasteiger partial charge in [0.05, 0.1) is 7.11 Å². The fourth-order valence-corrected chi connectivity index (χ4v) is 1.28. The van der Waals surface area contributed by atoms with Crippen molar-refractivity contribution in [3.05, 3.63) is 23.8 Å². The molecule has 3 nitrogen and oxygen atoms in total. The number of hydrogen-bond acceptors (Lipinski definition) is 3. The van der Waals surface area contributed by atoms with Crippen molar-refractivity contribution in [2.24, 2.45) is 5.73 Å². The van der Waals surface area contributed by atoms with Crippen molar-refractivity contribution < 1.29 is 18.6 Å². The summed E-state index contributed by atoms with van der Waals surface area (Å²) in [4.78, 5) is 0. The van der Waals surface area contributed by atoms with Gasteiger partial charge in [-0.2, -0.15) is 0 Å². The maximum absolute atomic E-state index is 12.1. The Hall–Kier alpha value is -1.36. The largest absolute Gasteiger partial charge is 0.507 e. The van der Waals surface area contributed by atoms with Crippen LogP contribution >= 0.6 is 0 Å². The van der Waals surface area contributed by atoms with Gasteiger partial charge in [0, 0.05) is 24.1 Å². The molecule has 0 aliphatic rings. The minimum atomic E-state index is -2.48. The number of phenols is 1. The SMILES string of the molecule is COc1ccc([C@H](N)CC(F)F)c(O)c1. The first-order chi connectivity index (χ1) is 7.04. The Balaban J connectivity index is 2.85. The molecule has 1 aromatic rings. The molecule has 0 bridgehead atoms. The first kappa shape index (κ1) is 11.7. The molecular formula is C10H13F2NO2. The van der Waals surface area contributed by atoms with Gasteiger partial charge in [-0.05, 0) is 6.07 Å². The first-order valence-electron chi connectivity index (χ1n) is 4.45. The molecular weight excluding hydrogens is 204 g/mol. The number of rotatable bonds is 4. The molecule has 0 radical (unpaired) electrons. The van der Waals surface area contributed by atoms with Crippen LogP contribution in [0.4, 0.5) is 8.78 Å². The van der Waals surface area contributed by atoms with Crippen molar-refractivity contribution in [1.82, 2.24) is 0 Å². The highest BCUT2D eigenvalue weighted by Crippen LogP contribution is 2.29. The fraction of sp³-hybridized carbons (Fsp3) is 0.400. The van der Waals surface area contributed by atoms with Crippen molar-refractivity contribution in [2.45, 2.75) is 18.9 Å². The Bertz CT molecular complexity index is 331. The summed E-state index contributed by atoms with van der Waals surface area (Å²) < 4.78 is 29.0. The van der Waals surface area contributed by atoms with Crippen LogP contribution in [0.15, 0.2) is 18.2 Å². The molecule has 0 amide bonds. The lowest BCUT2D eigenvalue weighted by Crippen LogP contribution is -2.14. The Morgan fingerprint density at radius 1 is 1.47 bits per heavy atom. The van der Waals surface area contributed by atoms with Gasteiger partial charge in [0.15, 0.2) is 0 Å². The van der Waals surface area contributed by atoms with Gasteiger partial charge in [0.2, 0.25) is 6.43 Å². The van der Waals surface area contributed by atoms with E-state index in [9.17, 15) is 13.9 Å². The molecule has 84 valence electrons. The third kappa shape index (κ3) is 3.06. The average Bonchev–Trinajstić information content (AvgIpc) is 2.16. The molecule has 0 saturated heterocycles. The smallest absolute Gasteiger partial charge is 0.240 e. The summed E-state index contributed by atoms with van der Waals surface area (Å²) in [5, 5.41) is 9.50. The van der Waals surface area contributed by atoms with E-state index in [0.29, 0.717) is 11.3 Å². The topological polar surface area (TPSA) is 55.5 Å². The van der Waals surface area contributed by atoms with Crippen LogP contribution in [0.3, 0.4) is 0 Å². The Labute approximate surface area is 86.5 Å². The Morgan fingerprint density at radius 2 is 2.13 bits per heavy atom. The van der Waals surface area contributed by atoms with E-state index in [0.717, 1.165) is 0 Å². The zero-order valence-electron chi connectivity index (χ0n) is 8.28. The standard InChI is InChI=1S/C10H13F2NO2/c1-15-6-2-3-7(9(14)4-6)8(13)5-10(11)12/h2-4,8,10,14H,5,13H2,1H3/t8-/m1/s1. The van der Waals surface area contributed by atoms with E-state index < -0.39 is 18.9 Å². The van der Waals surface area contributed by atoms with Crippen molar-refractivity contribution >= 4 is 0 Å². The van der Waals surface area contributed by atoms with E-state index in [1.165, 1.54) is 19.2 Å². The summed E-state index contributed by atoms with van der Waals surface area (Å²) in [6, 6.07) is 3.54. The fourth-order valence-electron chi connectivity index (χ4n) is 1.28. The number of ether oxygens (including phenoxy) is 1. The summed E-state index contributed by atoms with van der Waals surface area (Å²) >= 11 is 0. The quantitative estimate of drug-likeness (QED) is 0.811. The van der Waals surface area contributed by atoms with Crippen LogP contribution in [0.25, 0.3) is 0 Å². The van der Waals surface area contributed by atoms with E-state index in [1.807, 2.05) is 0 Å². The van der Waals surface area contributed by atoms with Gasteiger partial charge in [0.1, 0.15) is 11.5 Å². The zero-order chi connectivity index (χ0) is 11.4. The number of aromatic hydroxyl groups is 1. The zero-order valence-corrected chi connectivity index (χ0v) is 8.28. The van der Waals surface area contributed by atoms with Gasteiger partial charge >= 0.3 is 0 Å². The summed E-state index contributed by atoms with van der Waals surface area (Å²) in [5.41, 5.74) is 5.81. The number of nitrogens with two attached hydrogens (primary N) is 1. The maximum atomic E-state index is 12.1. The van der Waals surface area contributed by atoms with Gasteiger partial charge in [-0.15, -0.1) is 0 Å². The van der Waals surface area contributed by atoms with Crippen LogP contribution in [-0.2, 0) is 0 Å². The molecule has 3 N–H and O–H groups in total. The highest BCUT2D eigenvalue weighted by molar-refractivity contribution is 5.41. The second-order valence-electron chi connectivity index (χ2n) is 3.16. The van der Waals surface area contributed by atoms with Crippen molar-refractivity contribution in [3.8, 4) is 11.5 Å². The van der Waals surface area contributed by atoms with Crippen molar-refractivity contribution in [1.29, 1.82) is 0 Å². The number of benzene rings is 1. The summed E-state index contributed by atoms with van der Waals surface area (Å²) in [6.45, 7) is 0. The summed E-state index contributed by atoms with van der Waals surface area (Å²) in [5.74, 6) is 0.336. The molecule has 0 fully saturated rings. The third-order valence-electron chi connectivity index (χ3n) is 2.07. The number of alkyl halides is 2. The maximum Gasteiger partial charge on any atom is 0.240 e. The van der Waals surface area contributed by atoms with Crippen molar-refractivity contribution in [3.63, 3.8) is 0 Å². The highest BCUT2D eigenvalue weighted by atomic mass is 19.3. The molecule has 0 aromatic heterocycles. The molecule has 0 spiro atoms. The lowest BCUT2D eigenvalue weighted by molar-refractivity contribution is 0.128. The van der Waals surface area contributed by atoms with E-state index in [4.69, 9.17) is 10.5 Å². The number of phenolic OH excluding ortho intramolecular Hbond substituents is 1. The molecule has 0 aliphatic carbocycles. The van der Waals surface area contributed by atoms with E-state index >= 15 is 0 Å². The van der Waals surface area contributed by atoms with Crippen molar-refractivity contribution in [2.75, 3.05) is 7.11 Å². The average molecular weight is 217 g/mol.